The second-order valence-electron chi connectivity index (χ2n) is 6.75. The maximum Gasteiger partial charge on any atom is 0.332 e. The predicted molar refractivity (Wildman–Crippen MR) is 97.0 cm³/mol. The quantitative estimate of drug-likeness (QED) is 0.687. The SMILES string of the molecule is CC1(C)C(=O)N(c2ccc(CS(F)(F)F)cc2)C(=O)N1CCn1ccnc1. The second kappa shape index (κ2) is 6.91. The highest BCUT2D eigenvalue weighted by Gasteiger charge is 2.51. The number of aromatic nitrogens is 2. The molecule has 2 aromatic rings. The van der Waals surface area contributed by atoms with Gasteiger partial charge in [0.2, 0.25) is 11.2 Å². The van der Waals surface area contributed by atoms with Gasteiger partial charge >= 0.3 is 6.03 Å². The molecule has 0 saturated carbocycles. The van der Waals surface area contributed by atoms with Gasteiger partial charge in [-0.3, -0.25) is 4.79 Å². The molecule has 6 nitrogen and oxygen atoms in total. The largest absolute Gasteiger partial charge is 0.336 e. The van der Waals surface area contributed by atoms with E-state index < -0.39 is 34.4 Å². The van der Waals surface area contributed by atoms with Gasteiger partial charge in [-0.2, -0.15) is 0 Å². The van der Waals surface area contributed by atoms with Crippen molar-refractivity contribution < 1.29 is 21.2 Å². The first-order chi connectivity index (χ1) is 12.6. The summed E-state index contributed by atoms with van der Waals surface area (Å²) in [5.74, 6) is -1.38. The van der Waals surface area contributed by atoms with Crippen molar-refractivity contribution in [3.63, 3.8) is 0 Å². The topological polar surface area (TPSA) is 58.4 Å². The Morgan fingerprint density at radius 1 is 1.07 bits per heavy atom. The molecule has 0 atom stereocenters. The van der Waals surface area contributed by atoms with Gasteiger partial charge < -0.3 is 9.47 Å². The van der Waals surface area contributed by atoms with Crippen LogP contribution in [0.5, 0.6) is 0 Å². The van der Waals surface area contributed by atoms with Crippen LogP contribution in [0.3, 0.4) is 0 Å². The van der Waals surface area contributed by atoms with Gasteiger partial charge in [0, 0.05) is 25.5 Å². The minimum absolute atomic E-state index is 0.108. The molecule has 0 N–H and O–H groups in total. The molecule has 1 aromatic carbocycles. The van der Waals surface area contributed by atoms with Crippen molar-refractivity contribution in [2.24, 2.45) is 0 Å². The fraction of sp³-hybridized carbons (Fsp3) is 0.353. The molecule has 10 heteroatoms. The minimum atomic E-state index is -5.15. The van der Waals surface area contributed by atoms with Crippen molar-refractivity contribution in [2.75, 3.05) is 11.4 Å². The summed E-state index contributed by atoms with van der Waals surface area (Å²) >= 11 is -5.15. The van der Waals surface area contributed by atoms with E-state index in [1.54, 1.807) is 37.1 Å². The summed E-state index contributed by atoms with van der Waals surface area (Å²) in [6.07, 6.45) is 5.00. The molecule has 3 amide bonds. The summed E-state index contributed by atoms with van der Waals surface area (Å²) in [5.41, 5.74) is -0.674. The average molecular weight is 400 g/mol. The highest BCUT2D eigenvalue weighted by molar-refractivity contribution is 8.20. The lowest BCUT2D eigenvalue weighted by atomic mass is 10.0. The highest BCUT2D eigenvalue weighted by Crippen LogP contribution is 2.55. The number of amides is 3. The highest BCUT2D eigenvalue weighted by atomic mass is 32.3. The number of anilines is 1. The van der Waals surface area contributed by atoms with Gasteiger partial charge in [-0.05, 0) is 31.5 Å². The number of carbonyl (C=O) groups excluding carboxylic acids is 2. The van der Waals surface area contributed by atoms with Crippen LogP contribution in [0.25, 0.3) is 0 Å². The van der Waals surface area contributed by atoms with Crippen molar-refractivity contribution in [1.29, 1.82) is 0 Å². The molecule has 1 fully saturated rings. The minimum Gasteiger partial charge on any atom is -0.336 e. The smallest absolute Gasteiger partial charge is 0.332 e. The lowest BCUT2D eigenvalue weighted by Gasteiger charge is -2.27. The standard InChI is InChI=1S/C17H19F3N4O2S/c1-17(2)15(25)24(14-5-3-13(4-6-14)11-27(18,19)20)16(26)23(17)10-9-22-8-7-21-12-22/h3-8,12H,9-11H2,1-2H3. The molecule has 0 bridgehead atoms. The van der Waals surface area contributed by atoms with Crippen LogP contribution in [-0.4, -0.2) is 38.5 Å². The molecule has 0 spiro atoms. The molecular weight excluding hydrogens is 381 g/mol. The van der Waals surface area contributed by atoms with E-state index in [0.717, 1.165) is 4.90 Å². The number of imidazole rings is 1. The molecule has 146 valence electrons. The number of imide groups is 1. The Labute approximate surface area is 156 Å². The van der Waals surface area contributed by atoms with E-state index >= 15 is 0 Å². The van der Waals surface area contributed by atoms with Crippen molar-refractivity contribution >= 4 is 28.8 Å². The van der Waals surface area contributed by atoms with Gasteiger partial charge in [-0.15, -0.1) is 11.7 Å². The third-order valence-electron chi connectivity index (χ3n) is 4.49. The Bertz CT molecular complexity index is 835. The number of halogens is 3. The molecule has 2 heterocycles. The number of nitrogens with zero attached hydrogens (tertiary/aromatic N) is 4. The Hall–Kier alpha value is -2.49. The molecule has 0 radical (unpaired) electrons. The van der Waals surface area contributed by atoms with E-state index in [1.165, 1.54) is 29.2 Å². The summed E-state index contributed by atoms with van der Waals surface area (Å²) < 4.78 is 39.5. The van der Waals surface area contributed by atoms with Crippen LogP contribution in [0.4, 0.5) is 22.1 Å². The lowest BCUT2D eigenvalue weighted by molar-refractivity contribution is -0.123. The number of carbonyl (C=O) groups is 2. The normalized spacial score (nSPS) is 17.7. The number of benzene rings is 1. The summed E-state index contributed by atoms with van der Waals surface area (Å²) in [4.78, 5) is 32.1. The zero-order valence-corrected chi connectivity index (χ0v) is 15.6. The summed E-state index contributed by atoms with van der Waals surface area (Å²) in [6.45, 7) is 4.09. The first-order valence-electron chi connectivity index (χ1n) is 8.20. The number of urea groups is 1. The number of hydrogen-bond donors (Lipinski definition) is 0. The number of hydrogen-bond acceptors (Lipinski definition) is 3. The second-order valence-corrected chi connectivity index (χ2v) is 8.04. The van der Waals surface area contributed by atoms with Gasteiger partial charge in [0.15, 0.2) is 0 Å². The molecule has 3 rings (SSSR count). The molecule has 1 saturated heterocycles. The summed E-state index contributed by atoms with van der Waals surface area (Å²) in [5, 5.41) is 0. The fourth-order valence-corrected chi connectivity index (χ4v) is 3.57. The third kappa shape index (κ3) is 3.95. The van der Waals surface area contributed by atoms with Crippen molar-refractivity contribution in [1.82, 2.24) is 14.5 Å². The molecular formula is C17H19F3N4O2S. The molecule has 27 heavy (non-hydrogen) atoms. The van der Waals surface area contributed by atoms with Crippen LogP contribution in [0.15, 0.2) is 43.0 Å². The fourth-order valence-electron chi connectivity index (χ4n) is 3.00. The zero-order valence-electron chi connectivity index (χ0n) is 14.8. The Morgan fingerprint density at radius 2 is 1.74 bits per heavy atom. The van der Waals surface area contributed by atoms with Crippen LogP contribution in [-0.2, 0) is 17.1 Å². The van der Waals surface area contributed by atoms with Crippen LogP contribution in [0.2, 0.25) is 0 Å². The molecule has 1 aliphatic heterocycles. The van der Waals surface area contributed by atoms with E-state index in [-0.39, 0.29) is 11.3 Å². The number of rotatable bonds is 6. The zero-order chi connectivity index (χ0) is 19.8. The van der Waals surface area contributed by atoms with Gasteiger partial charge in [0.25, 0.3) is 5.91 Å². The third-order valence-corrected chi connectivity index (χ3v) is 5.15. The monoisotopic (exact) mass is 400 g/mol. The summed E-state index contributed by atoms with van der Waals surface area (Å²) in [6, 6.07) is 4.88. The van der Waals surface area contributed by atoms with Gasteiger partial charge in [0.1, 0.15) is 5.54 Å². The van der Waals surface area contributed by atoms with Gasteiger partial charge in [-0.25, -0.2) is 14.7 Å². The first-order valence-corrected chi connectivity index (χ1v) is 9.70. The van der Waals surface area contributed by atoms with Crippen LogP contribution < -0.4 is 4.90 Å². The van der Waals surface area contributed by atoms with E-state index in [1.807, 2.05) is 0 Å². The van der Waals surface area contributed by atoms with Crippen LogP contribution >= 0.6 is 11.2 Å². The van der Waals surface area contributed by atoms with Crippen LogP contribution in [0, 0.1) is 0 Å². The molecule has 1 aromatic heterocycles. The van der Waals surface area contributed by atoms with Crippen molar-refractivity contribution in [2.45, 2.75) is 31.7 Å². The van der Waals surface area contributed by atoms with Gasteiger partial charge in [0.05, 0.1) is 17.8 Å². The predicted octanol–water partition coefficient (Wildman–Crippen LogP) is 4.09. The van der Waals surface area contributed by atoms with E-state index in [2.05, 4.69) is 4.98 Å². The van der Waals surface area contributed by atoms with E-state index in [0.29, 0.717) is 13.1 Å². The van der Waals surface area contributed by atoms with Gasteiger partial charge in [-0.1, -0.05) is 12.1 Å². The maximum absolute atomic E-state index is 12.8. The lowest BCUT2D eigenvalue weighted by Crippen LogP contribution is -2.45. The Kier molecular flexibility index (Phi) is 4.94. The molecule has 0 aliphatic carbocycles. The Morgan fingerprint density at radius 3 is 2.30 bits per heavy atom. The average Bonchev–Trinajstić information content (AvgIpc) is 3.13. The first kappa shape index (κ1) is 19.3. The maximum atomic E-state index is 12.8. The summed E-state index contributed by atoms with van der Waals surface area (Å²) in [7, 11) is 0. The van der Waals surface area contributed by atoms with E-state index in [4.69, 9.17) is 0 Å². The Balaban J connectivity index is 1.79. The van der Waals surface area contributed by atoms with Crippen molar-refractivity contribution in [3.05, 3.63) is 48.5 Å². The van der Waals surface area contributed by atoms with Crippen LogP contribution in [0.1, 0.15) is 19.4 Å². The van der Waals surface area contributed by atoms with E-state index in [9.17, 15) is 21.2 Å². The van der Waals surface area contributed by atoms with Crippen molar-refractivity contribution in [3.8, 4) is 0 Å². The molecule has 1 aliphatic rings. The molecule has 0 unspecified atom stereocenters.